The van der Waals surface area contributed by atoms with Gasteiger partial charge in [0, 0.05) is 6.04 Å². The average molecular weight is 363 g/mol. The van der Waals surface area contributed by atoms with Crippen LogP contribution in [-0.2, 0) is 10.0 Å². The van der Waals surface area contributed by atoms with Crippen LogP contribution < -0.4 is 14.2 Å². The Labute approximate surface area is 150 Å². The highest BCUT2D eigenvalue weighted by molar-refractivity contribution is 7.89. The van der Waals surface area contributed by atoms with Crippen molar-refractivity contribution in [2.75, 3.05) is 14.2 Å². The Bertz CT molecular complexity index is 846. The molecule has 25 heavy (non-hydrogen) atoms. The second-order valence-corrected chi connectivity index (χ2v) is 7.66. The number of methoxy groups -OCH3 is 2. The molecule has 0 spiro atoms. The van der Waals surface area contributed by atoms with Gasteiger partial charge in [-0.05, 0) is 61.2 Å². The Morgan fingerprint density at radius 3 is 2.00 bits per heavy atom. The zero-order chi connectivity index (χ0) is 18.6. The van der Waals surface area contributed by atoms with Gasteiger partial charge in [0.2, 0.25) is 10.0 Å². The van der Waals surface area contributed by atoms with Crippen molar-refractivity contribution in [3.8, 4) is 11.5 Å². The number of nitrogens with one attached hydrogen (secondary N) is 1. The van der Waals surface area contributed by atoms with E-state index in [1.165, 1.54) is 0 Å². The van der Waals surface area contributed by atoms with Crippen LogP contribution in [0, 0.1) is 13.8 Å². The predicted octanol–water partition coefficient (Wildman–Crippen LogP) is 3.75. The van der Waals surface area contributed by atoms with Gasteiger partial charge in [-0.15, -0.1) is 0 Å². The van der Waals surface area contributed by atoms with Crippen LogP contribution in [-0.4, -0.2) is 22.6 Å². The quantitative estimate of drug-likeness (QED) is 0.814. The molecular formula is C19H25NO4S. The van der Waals surface area contributed by atoms with Crippen molar-refractivity contribution in [2.24, 2.45) is 0 Å². The highest BCUT2D eigenvalue weighted by Gasteiger charge is 2.21. The minimum Gasteiger partial charge on any atom is -0.496 e. The van der Waals surface area contributed by atoms with Crippen LogP contribution in [0.5, 0.6) is 11.5 Å². The van der Waals surface area contributed by atoms with Crippen molar-refractivity contribution in [1.82, 2.24) is 4.72 Å². The number of hydrogen-bond acceptors (Lipinski definition) is 4. The van der Waals surface area contributed by atoms with E-state index in [9.17, 15) is 8.42 Å². The van der Waals surface area contributed by atoms with Crippen molar-refractivity contribution >= 4 is 10.0 Å². The van der Waals surface area contributed by atoms with Crippen LogP contribution in [0.4, 0.5) is 0 Å². The van der Waals surface area contributed by atoms with E-state index in [0.29, 0.717) is 12.2 Å². The highest BCUT2D eigenvalue weighted by Crippen LogP contribution is 2.27. The number of aryl methyl sites for hydroxylation is 2. The third-order valence-electron chi connectivity index (χ3n) is 4.20. The van der Waals surface area contributed by atoms with Crippen molar-refractivity contribution < 1.29 is 17.9 Å². The summed E-state index contributed by atoms with van der Waals surface area (Å²) in [6.45, 7) is 5.71. The minimum atomic E-state index is -3.63. The lowest BCUT2D eigenvalue weighted by Crippen LogP contribution is -2.28. The summed E-state index contributed by atoms with van der Waals surface area (Å²) in [5.74, 6) is 1.45. The fraction of sp³-hybridized carbons (Fsp3) is 0.368. The Morgan fingerprint density at radius 2 is 1.52 bits per heavy atom. The Morgan fingerprint density at radius 1 is 0.960 bits per heavy atom. The summed E-state index contributed by atoms with van der Waals surface area (Å²) in [6.07, 6.45) is 0.639. The third-order valence-corrected chi connectivity index (χ3v) is 5.67. The lowest BCUT2D eigenvalue weighted by atomic mass is 10.0. The molecule has 2 aromatic rings. The van der Waals surface area contributed by atoms with Gasteiger partial charge in [0.15, 0.2) is 0 Å². The Hall–Kier alpha value is -2.05. The van der Waals surface area contributed by atoms with E-state index in [0.717, 1.165) is 22.4 Å². The first-order chi connectivity index (χ1) is 11.8. The van der Waals surface area contributed by atoms with Crippen molar-refractivity contribution in [2.45, 2.75) is 38.1 Å². The van der Waals surface area contributed by atoms with Gasteiger partial charge in [0.05, 0.1) is 19.1 Å². The summed E-state index contributed by atoms with van der Waals surface area (Å²) in [5, 5.41) is 0. The van der Waals surface area contributed by atoms with E-state index in [1.54, 1.807) is 32.4 Å². The number of rotatable bonds is 7. The van der Waals surface area contributed by atoms with E-state index in [1.807, 2.05) is 39.0 Å². The third kappa shape index (κ3) is 4.32. The number of sulfonamides is 1. The van der Waals surface area contributed by atoms with Crippen LogP contribution in [0.15, 0.2) is 41.3 Å². The lowest BCUT2D eigenvalue weighted by Gasteiger charge is -2.19. The Kier molecular flexibility index (Phi) is 6.08. The maximum Gasteiger partial charge on any atom is 0.241 e. The first-order valence-electron chi connectivity index (χ1n) is 8.14. The van der Waals surface area contributed by atoms with Crippen molar-refractivity contribution in [3.63, 3.8) is 0 Å². The fourth-order valence-electron chi connectivity index (χ4n) is 2.78. The molecule has 2 aromatic carbocycles. The van der Waals surface area contributed by atoms with Crippen LogP contribution in [0.1, 0.15) is 36.1 Å². The number of ether oxygens (including phenoxy) is 2. The summed E-state index contributed by atoms with van der Waals surface area (Å²) >= 11 is 0. The highest BCUT2D eigenvalue weighted by atomic mass is 32.2. The molecule has 1 N–H and O–H groups in total. The lowest BCUT2D eigenvalue weighted by molar-refractivity contribution is 0.411. The van der Waals surface area contributed by atoms with Gasteiger partial charge in [0.1, 0.15) is 11.5 Å². The molecule has 6 heteroatoms. The average Bonchev–Trinajstić information content (AvgIpc) is 2.59. The largest absolute Gasteiger partial charge is 0.496 e. The van der Waals surface area contributed by atoms with Gasteiger partial charge in [-0.25, -0.2) is 13.1 Å². The summed E-state index contributed by atoms with van der Waals surface area (Å²) in [4.78, 5) is 0.231. The molecule has 136 valence electrons. The van der Waals surface area contributed by atoms with Crippen LogP contribution in [0.2, 0.25) is 0 Å². The summed E-state index contributed by atoms with van der Waals surface area (Å²) in [5.41, 5.74) is 2.66. The van der Waals surface area contributed by atoms with Gasteiger partial charge < -0.3 is 9.47 Å². The van der Waals surface area contributed by atoms with Crippen molar-refractivity contribution in [1.29, 1.82) is 0 Å². The van der Waals surface area contributed by atoms with E-state index in [4.69, 9.17) is 9.47 Å². The normalized spacial score (nSPS) is 12.7. The molecule has 1 atom stereocenters. The minimum absolute atomic E-state index is 0.231. The molecular weight excluding hydrogens is 338 g/mol. The maximum atomic E-state index is 12.8. The molecule has 0 amide bonds. The molecule has 5 nitrogen and oxygen atoms in total. The van der Waals surface area contributed by atoms with Gasteiger partial charge in [-0.1, -0.05) is 19.1 Å². The molecule has 0 bridgehead atoms. The van der Waals surface area contributed by atoms with Gasteiger partial charge in [0.25, 0.3) is 0 Å². The molecule has 0 saturated heterocycles. The van der Waals surface area contributed by atoms with E-state index < -0.39 is 10.0 Å². The van der Waals surface area contributed by atoms with Crippen LogP contribution >= 0.6 is 0 Å². The van der Waals surface area contributed by atoms with Crippen LogP contribution in [0.3, 0.4) is 0 Å². The van der Waals surface area contributed by atoms with E-state index in [-0.39, 0.29) is 10.9 Å². The molecule has 2 rings (SSSR count). The molecule has 0 fully saturated rings. The van der Waals surface area contributed by atoms with Gasteiger partial charge in [-0.3, -0.25) is 0 Å². The monoisotopic (exact) mass is 363 g/mol. The van der Waals surface area contributed by atoms with E-state index >= 15 is 0 Å². The van der Waals surface area contributed by atoms with E-state index in [2.05, 4.69) is 4.72 Å². The standard InChI is InChI=1S/C19H25NO4S/c1-6-17(15-7-9-18(23-4)13(2)11-15)20-25(21,22)16-8-10-19(24-5)14(3)12-16/h7-12,17,20H,6H2,1-5H3/t17-/m1/s1. The molecule has 0 radical (unpaired) electrons. The van der Waals surface area contributed by atoms with Crippen LogP contribution in [0.25, 0.3) is 0 Å². The van der Waals surface area contributed by atoms with Gasteiger partial charge >= 0.3 is 0 Å². The van der Waals surface area contributed by atoms with Gasteiger partial charge in [-0.2, -0.15) is 0 Å². The number of benzene rings is 2. The molecule has 0 aliphatic carbocycles. The first kappa shape index (κ1) is 19.3. The molecule has 0 unspecified atom stereocenters. The topological polar surface area (TPSA) is 64.6 Å². The molecule has 0 aromatic heterocycles. The zero-order valence-electron chi connectivity index (χ0n) is 15.3. The molecule has 0 heterocycles. The summed E-state index contributed by atoms with van der Waals surface area (Å²) in [6, 6.07) is 10.2. The molecule has 0 aliphatic heterocycles. The second kappa shape index (κ2) is 7.89. The number of hydrogen-bond donors (Lipinski definition) is 1. The summed E-state index contributed by atoms with van der Waals surface area (Å²) in [7, 11) is -0.450. The fourth-order valence-corrected chi connectivity index (χ4v) is 4.17. The predicted molar refractivity (Wildman–Crippen MR) is 98.8 cm³/mol. The Balaban J connectivity index is 2.31. The van der Waals surface area contributed by atoms with Crippen molar-refractivity contribution in [3.05, 3.63) is 53.1 Å². The maximum absolute atomic E-state index is 12.8. The molecule has 0 aliphatic rings. The zero-order valence-corrected chi connectivity index (χ0v) is 16.1. The SMILES string of the molecule is CC[C@@H](NS(=O)(=O)c1ccc(OC)c(C)c1)c1ccc(OC)c(C)c1. The smallest absolute Gasteiger partial charge is 0.241 e. The molecule has 0 saturated carbocycles. The second-order valence-electron chi connectivity index (χ2n) is 5.94. The summed E-state index contributed by atoms with van der Waals surface area (Å²) < 4.78 is 38.8. The first-order valence-corrected chi connectivity index (χ1v) is 9.62.